The number of benzene rings is 1. The van der Waals surface area contributed by atoms with Gasteiger partial charge in [0.1, 0.15) is 0 Å². The third-order valence-electron chi connectivity index (χ3n) is 2.23. The Labute approximate surface area is 114 Å². The Kier molecular flexibility index (Phi) is 4.15. The molecule has 0 saturated carbocycles. The second kappa shape index (κ2) is 6.02. The van der Waals surface area contributed by atoms with Crippen LogP contribution in [0.5, 0.6) is 0 Å². The number of amidine groups is 1. The highest BCUT2D eigenvalue weighted by molar-refractivity contribution is 8.13. The molecule has 0 aliphatic rings. The number of hydrogen-bond donors (Lipinski definition) is 1. The van der Waals surface area contributed by atoms with E-state index in [9.17, 15) is 0 Å². The van der Waals surface area contributed by atoms with Crippen molar-refractivity contribution in [2.45, 2.75) is 6.92 Å². The number of nitrogens with zero attached hydrogens (tertiary/aromatic N) is 4. The fourth-order valence-corrected chi connectivity index (χ4v) is 1.73. The van der Waals surface area contributed by atoms with Gasteiger partial charge in [0.05, 0.1) is 5.69 Å². The van der Waals surface area contributed by atoms with Crippen molar-refractivity contribution in [3.05, 3.63) is 30.2 Å². The van der Waals surface area contributed by atoms with Gasteiger partial charge in [0.15, 0.2) is 11.4 Å². The maximum absolute atomic E-state index is 8.56. The summed E-state index contributed by atoms with van der Waals surface area (Å²) in [5, 5.41) is 19.3. The Hall–Kier alpha value is -2.33. The molecule has 1 heterocycles. The minimum Gasteiger partial charge on any atom is -0.421 e. The molecule has 2 aromatic rings. The van der Waals surface area contributed by atoms with Gasteiger partial charge in [-0.15, -0.1) is 10.2 Å². The van der Waals surface area contributed by atoms with Crippen LogP contribution < -0.4 is 5.32 Å². The highest BCUT2D eigenvalue weighted by Crippen LogP contribution is 2.22. The average molecular weight is 273 g/mol. The van der Waals surface area contributed by atoms with Crippen molar-refractivity contribution >= 4 is 22.6 Å². The van der Waals surface area contributed by atoms with Crippen LogP contribution >= 0.6 is 11.8 Å². The number of nitriles is 1. The molecule has 0 fully saturated rings. The van der Waals surface area contributed by atoms with E-state index < -0.39 is 0 Å². The van der Waals surface area contributed by atoms with Gasteiger partial charge in [0.2, 0.25) is 11.8 Å². The van der Waals surface area contributed by atoms with Crippen LogP contribution in [0, 0.1) is 18.4 Å². The standard InChI is InChI=1S/C12H11N5OS/c1-8-16-17-11(18-8)9-3-5-10(6-4-9)15-12(19-2)14-7-13/h3-6H,1-2H3,(H,14,15). The first-order valence-electron chi connectivity index (χ1n) is 5.41. The van der Waals surface area contributed by atoms with E-state index in [1.165, 1.54) is 11.8 Å². The Bertz CT molecular complexity index is 626. The van der Waals surface area contributed by atoms with Crippen molar-refractivity contribution in [3.8, 4) is 17.6 Å². The lowest BCUT2D eigenvalue weighted by Crippen LogP contribution is -2.12. The van der Waals surface area contributed by atoms with Crippen LogP contribution in [0.15, 0.2) is 33.7 Å². The van der Waals surface area contributed by atoms with Crippen molar-refractivity contribution < 1.29 is 4.42 Å². The molecule has 0 spiro atoms. The first-order valence-corrected chi connectivity index (χ1v) is 6.63. The van der Waals surface area contributed by atoms with Gasteiger partial charge in [-0.05, 0) is 30.5 Å². The van der Waals surface area contributed by atoms with Gasteiger partial charge in [0.25, 0.3) is 0 Å². The van der Waals surface area contributed by atoms with Gasteiger partial charge >= 0.3 is 0 Å². The fraction of sp³-hybridized carbons (Fsp3) is 0.167. The van der Waals surface area contributed by atoms with Crippen molar-refractivity contribution in [1.29, 1.82) is 5.26 Å². The summed E-state index contributed by atoms with van der Waals surface area (Å²) in [6, 6.07) is 7.33. The zero-order valence-electron chi connectivity index (χ0n) is 10.4. The molecule has 1 aromatic heterocycles. The molecule has 96 valence electrons. The predicted octanol–water partition coefficient (Wildman–Crippen LogP) is 2.47. The Morgan fingerprint density at radius 2 is 2.11 bits per heavy atom. The van der Waals surface area contributed by atoms with Crippen LogP contribution in [0.1, 0.15) is 5.89 Å². The number of hydrogen-bond acceptors (Lipinski definition) is 6. The van der Waals surface area contributed by atoms with Crippen molar-refractivity contribution in [1.82, 2.24) is 15.5 Å². The molecule has 0 amide bonds. The summed E-state index contributed by atoms with van der Waals surface area (Å²) >= 11 is 1.37. The minimum atomic E-state index is 0.480. The smallest absolute Gasteiger partial charge is 0.247 e. The number of thioether (sulfide) groups is 1. The SMILES string of the molecule is CSC(=Nc1ccc(-c2nnc(C)o2)cc1)NC#N. The van der Waals surface area contributed by atoms with Gasteiger partial charge in [-0.1, -0.05) is 11.8 Å². The molecule has 2 rings (SSSR count). The van der Waals surface area contributed by atoms with Gasteiger partial charge in [-0.25, -0.2) is 4.99 Å². The molecule has 19 heavy (non-hydrogen) atoms. The Morgan fingerprint density at radius 1 is 1.37 bits per heavy atom. The summed E-state index contributed by atoms with van der Waals surface area (Å²) in [5.74, 6) is 1.01. The van der Waals surface area contributed by atoms with Crippen LogP contribution in [-0.4, -0.2) is 21.6 Å². The first-order chi connectivity index (χ1) is 9.22. The van der Waals surface area contributed by atoms with Gasteiger partial charge in [-0.3, -0.25) is 5.32 Å². The third-order valence-corrected chi connectivity index (χ3v) is 2.81. The average Bonchev–Trinajstić information content (AvgIpc) is 2.86. The number of aryl methyl sites for hydroxylation is 1. The zero-order chi connectivity index (χ0) is 13.7. The van der Waals surface area contributed by atoms with E-state index in [0.717, 1.165) is 11.3 Å². The highest BCUT2D eigenvalue weighted by Gasteiger charge is 2.05. The van der Waals surface area contributed by atoms with Crippen LogP contribution in [0.4, 0.5) is 5.69 Å². The molecule has 1 N–H and O–H groups in total. The zero-order valence-corrected chi connectivity index (χ0v) is 11.2. The van der Waals surface area contributed by atoms with Crippen LogP contribution in [-0.2, 0) is 0 Å². The predicted molar refractivity (Wildman–Crippen MR) is 73.8 cm³/mol. The van der Waals surface area contributed by atoms with Crippen molar-refractivity contribution in [2.24, 2.45) is 4.99 Å². The number of nitrogens with one attached hydrogen (secondary N) is 1. The summed E-state index contributed by atoms with van der Waals surface area (Å²) in [6.07, 6.45) is 3.69. The summed E-state index contributed by atoms with van der Waals surface area (Å²) in [7, 11) is 0. The first kappa shape index (κ1) is 13.1. The molecule has 0 atom stereocenters. The minimum absolute atomic E-state index is 0.480. The summed E-state index contributed by atoms with van der Waals surface area (Å²) in [4.78, 5) is 4.29. The number of aliphatic imine (C=N–C) groups is 1. The molecule has 1 aromatic carbocycles. The van der Waals surface area contributed by atoms with Crippen LogP contribution in [0.3, 0.4) is 0 Å². The fourth-order valence-electron chi connectivity index (χ4n) is 1.38. The van der Waals surface area contributed by atoms with E-state index in [4.69, 9.17) is 9.68 Å². The molecule has 0 saturated heterocycles. The Morgan fingerprint density at radius 3 is 2.63 bits per heavy atom. The Balaban J connectivity index is 2.21. The van der Waals surface area contributed by atoms with Crippen LogP contribution in [0.25, 0.3) is 11.5 Å². The summed E-state index contributed by atoms with van der Waals surface area (Å²) in [6.45, 7) is 1.74. The number of rotatable bonds is 2. The maximum Gasteiger partial charge on any atom is 0.247 e. The molecule has 0 aliphatic heterocycles. The normalized spacial score (nSPS) is 11.1. The molecule has 0 bridgehead atoms. The van der Waals surface area contributed by atoms with E-state index in [1.54, 1.807) is 6.92 Å². The van der Waals surface area contributed by atoms with E-state index >= 15 is 0 Å². The van der Waals surface area contributed by atoms with Crippen LogP contribution in [0.2, 0.25) is 0 Å². The second-order valence-electron chi connectivity index (χ2n) is 3.53. The van der Waals surface area contributed by atoms with Crippen molar-refractivity contribution in [3.63, 3.8) is 0 Å². The number of aromatic nitrogens is 2. The third kappa shape index (κ3) is 3.33. The van der Waals surface area contributed by atoms with Gasteiger partial charge in [0, 0.05) is 12.5 Å². The van der Waals surface area contributed by atoms with Crippen molar-refractivity contribution in [2.75, 3.05) is 6.26 Å². The molecule has 6 nitrogen and oxygen atoms in total. The quantitative estimate of drug-likeness (QED) is 0.391. The highest BCUT2D eigenvalue weighted by atomic mass is 32.2. The summed E-state index contributed by atoms with van der Waals surface area (Å²) in [5.41, 5.74) is 1.57. The topological polar surface area (TPSA) is 87.1 Å². The largest absolute Gasteiger partial charge is 0.421 e. The molecule has 0 aliphatic carbocycles. The molecule has 0 radical (unpaired) electrons. The van der Waals surface area contributed by atoms with E-state index in [2.05, 4.69) is 20.5 Å². The maximum atomic E-state index is 8.56. The lowest BCUT2D eigenvalue weighted by molar-refractivity contribution is 0.533. The monoisotopic (exact) mass is 273 g/mol. The second-order valence-corrected chi connectivity index (χ2v) is 4.33. The molecular weight excluding hydrogens is 262 g/mol. The van der Waals surface area contributed by atoms with Gasteiger partial charge in [-0.2, -0.15) is 5.26 Å². The van der Waals surface area contributed by atoms with E-state index in [-0.39, 0.29) is 0 Å². The van der Waals surface area contributed by atoms with E-state index in [0.29, 0.717) is 16.9 Å². The van der Waals surface area contributed by atoms with Gasteiger partial charge < -0.3 is 4.42 Å². The lowest BCUT2D eigenvalue weighted by Gasteiger charge is -2.00. The molecular formula is C12H11N5OS. The van der Waals surface area contributed by atoms with E-state index in [1.807, 2.05) is 36.7 Å². The lowest BCUT2D eigenvalue weighted by atomic mass is 10.2. The summed E-state index contributed by atoms with van der Waals surface area (Å²) < 4.78 is 5.33. The molecule has 0 unspecified atom stereocenters. The molecule has 7 heteroatoms.